The number of hydrogen-bond donors (Lipinski definition) is 2. The first-order valence-electron chi connectivity index (χ1n) is 5.99. The van der Waals surface area contributed by atoms with E-state index in [1.54, 1.807) is 18.2 Å². The van der Waals surface area contributed by atoms with Gasteiger partial charge in [-0.25, -0.2) is 5.01 Å². The molecule has 0 atom stereocenters. The van der Waals surface area contributed by atoms with Gasteiger partial charge in [0.05, 0.1) is 6.54 Å². The summed E-state index contributed by atoms with van der Waals surface area (Å²) < 4.78 is 0. The summed E-state index contributed by atoms with van der Waals surface area (Å²) >= 11 is 0. The highest BCUT2D eigenvalue weighted by atomic mass is 16.4. The first-order chi connectivity index (χ1) is 9.08. The number of nitrogens with one attached hydrogen (secondary N) is 1. The fourth-order valence-electron chi connectivity index (χ4n) is 1.95. The molecule has 1 aromatic rings. The molecule has 2 N–H and O–H groups in total. The van der Waals surface area contributed by atoms with Crippen LogP contribution in [-0.2, 0) is 16.1 Å². The highest BCUT2D eigenvalue weighted by Crippen LogP contribution is 2.16. The lowest BCUT2D eigenvalue weighted by atomic mass is 10.0. The minimum absolute atomic E-state index is 0.0515. The molecule has 1 aromatic carbocycles. The van der Waals surface area contributed by atoms with E-state index in [9.17, 15) is 14.4 Å². The Morgan fingerprint density at radius 3 is 2.74 bits per heavy atom. The van der Waals surface area contributed by atoms with Crippen LogP contribution in [-0.4, -0.2) is 27.9 Å². The zero-order valence-corrected chi connectivity index (χ0v) is 10.3. The van der Waals surface area contributed by atoms with Crippen LogP contribution in [0.2, 0.25) is 0 Å². The van der Waals surface area contributed by atoms with E-state index in [0.717, 1.165) is 5.56 Å². The minimum Gasteiger partial charge on any atom is -0.481 e. The predicted octanol–water partition coefficient (Wildman–Crippen LogP) is 0.929. The summed E-state index contributed by atoms with van der Waals surface area (Å²) in [7, 11) is 0. The Labute approximate surface area is 110 Å². The third-order valence-electron chi connectivity index (χ3n) is 2.91. The molecule has 100 valence electrons. The van der Waals surface area contributed by atoms with E-state index < -0.39 is 5.97 Å². The van der Waals surface area contributed by atoms with Crippen molar-refractivity contribution in [1.29, 1.82) is 0 Å². The van der Waals surface area contributed by atoms with E-state index in [2.05, 4.69) is 5.43 Å². The number of fused-ring (bicyclic) bond motifs is 1. The third kappa shape index (κ3) is 3.09. The molecule has 0 bridgehead atoms. The smallest absolute Gasteiger partial charge is 0.303 e. The zero-order valence-electron chi connectivity index (χ0n) is 10.3. The molecule has 0 saturated heterocycles. The summed E-state index contributed by atoms with van der Waals surface area (Å²) in [6, 6.07) is 7.08. The topological polar surface area (TPSA) is 86.7 Å². The number of carbonyl (C=O) groups excluding carboxylic acids is 2. The monoisotopic (exact) mass is 262 g/mol. The maximum Gasteiger partial charge on any atom is 0.303 e. The molecular formula is C13H14N2O4. The Bertz CT molecular complexity index is 527. The Kier molecular flexibility index (Phi) is 3.79. The van der Waals surface area contributed by atoms with Gasteiger partial charge in [-0.3, -0.25) is 19.8 Å². The summed E-state index contributed by atoms with van der Waals surface area (Å²) in [6.45, 7) is 0.313. The van der Waals surface area contributed by atoms with Crippen LogP contribution in [0.1, 0.15) is 35.2 Å². The second-order valence-electron chi connectivity index (χ2n) is 4.33. The standard InChI is InChI=1S/C13H14N2O4/c16-11(6-3-7-12(17)18)15-8-9-4-1-2-5-10(9)13(19)14-15/h1-2,4-5H,3,6-8H2,(H,14,19)(H,17,18). The Balaban J connectivity index is 1.99. The quantitative estimate of drug-likeness (QED) is 0.845. The van der Waals surface area contributed by atoms with Gasteiger partial charge in [0.25, 0.3) is 5.91 Å². The fourth-order valence-corrected chi connectivity index (χ4v) is 1.95. The molecule has 0 aromatic heterocycles. The Hall–Kier alpha value is -2.37. The molecule has 1 aliphatic rings. The number of benzene rings is 1. The maximum absolute atomic E-state index is 11.9. The van der Waals surface area contributed by atoms with Crippen molar-refractivity contribution >= 4 is 17.8 Å². The van der Waals surface area contributed by atoms with Crippen molar-refractivity contribution < 1.29 is 19.5 Å². The van der Waals surface area contributed by atoms with Gasteiger partial charge in [-0.15, -0.1) is 0 Å². The average Bonchev–Trinajstić information content (AvgIpc) is 2.38. The van der Waals surface area contributed by atoms with E-state index in [0.29, 0.717) is 12.1 Å². The molecule has 6 nitrogen and oxygen atoms in total. The van der Waals surface area contributed by atoms with Gasteiger partial charge in [-0.05, 0) is 18.1 Å². The Morgan fingerprint density at radius 1 is 1.26 bits per heavy atom. The van der Waals surface area contributed by atoms with Gasteiger partial charge in [0, 0.05) is 18.4 Å². The molecular weight excluding hydrogens is 248 g/mol. The van der Waals surface area contributed by atoms with Crippen LogP contribution in [0, 0.1) is 0 Å². The number of aliphatic carboxylic acids is 1. The van der Waals surface area contributed by atoms with Crippen molar-refractivity contribution in [3.8, 4) is 0 Å². The van der Waals surface area contributed by atoms with Gasteiger partial charge in [0.2, 0.25) is 5.91 Å². The van der Waals surface area contributed by atoms with Crippen LogP contribution < -0.4 is 5.43 Å². The average molecular weight is 262 g/mol. The molecule has 0 radical (unpaired) electrons. The lowest BCUT2D eigenvalue weighted by molar-refractivity contribution is -0.137. The van der Waals surface area contributed by atoms with Crippen molar-refractivity contribution in [3.05, 3.63) is 35.4 Å². The van der Waals surface area contributed by atoms with E-state index in [1.807, 2.05) is 6.07 Å². The third-order valence-corrected chi connectivity index (χ3v) is 2.91. The maximum atomic E-state index is 11.9. The molecule has 2 amide bonds. The molecule has 0 unspecified atom stereocenters. The van der Waals surface area contributed by atoms with Crippen LogP contribution in [0.15, 0.2) is 24.3 Å². The number of carbonyl (C=O) groups is 3. The first-order valence-corrected chi connectivity index (χ1v) is 5.99. The molecule has 2 rings (SSSR count). The number of hydrogen-bond acceptors (Lipinski definition) is 3. The summed E-state index contributed by atoms with van der Waals surface area (Å²) in [4.78, 5) is 34.0. The normalized spacial score (nSPS) is 13.7. The SMILES string of the molecule is O=C(O)CCCC(=O)N1Cc2ccccc2C(=O)N1. The van der Waals surface area contributed by atoms with Crippen molar-refractivity contribution in [2.24, 2.45) is 0 Å². The second kappa shape index (κ2) is 5.51. The zero-order chi connectivity index (χ0) is 13.8. The molecule has 1 aliphatic heterocycles. The molecule has 19 heavy (non-hydrogen) atoms. The first kappa shape index (κ1) is 13.1. The largest absolute Gasteiger partial charge is 0.481 e. The van der Waals surface area contributed by atoms with Crippen LogP contribution in [0.3, 0.4) is 0 Å². The van der Waals surface area contributed by atoms with Gasteiger partial charge >= 0.3 is 5.97 Å². The number of amides is 2. The van der Waals surface area contributed by atoms with Crippen LogP contribution >= 0.6 is 0 Å². The highest BCUT2D eigenvalue weighted by Gasteiger charge is 2.25. The van der Waals surface area contributed by atoms with Crippen LogP contribution in [0.4, 0.5) is 0 Å². The van der Waals surface area contributed by atoms with Gasteiger partial charge in [0.15, 0.2) is 0 Å². The molecule has 0 saturated carbocycles. The van der Waals surface area contributed by atoms with E-state index >= 15 is 0 Å². The number of hydrazine groups is 1. The van der Waals surface area contributed by atoms with Crippen molar-refractivity contribution in [2.75, 3.05) is 0 Å². The molecule has 0 aliphatic carbocycles. The second-order valence-corrected chi connectivity index (χ2v) is 4.33. The number of carboxylic acids is 1. The lowest BCUT2D eigenvalue weighted by Crippen LogP contribution is -2.49. The van der Waals surface area contributed by atoms with Crippen molar-refractivity contribution in [2.45, 2.75) is 25.8 Å². The summed E-state index contributed by atoms with van der Waals surface area (Å²) in [5.74, 6) is -1.52. The highest BCUT2D eigenvalue weighted by molar-refractivity contribution is 5.98. The number of carboxylic acid groups (broad SMARTS) is 1. The summed E-state index contributed by atoms with van der Waals surface area (Å²) in [5, 5.41) is 9.76. The Morgan fingerprint density at radius 2 is 2.00 bits per heavy atom. The van der Waals surface area contributed by atoms with Crippen LogP contribution in [0.25, 0.3) is 0 Å². The number of rotatable bonds is 4. The van der Waals surface area contributed by atoms with E-state index in [4.69, 9.17) is 5.11 Å². The van der Waals surface area contributed by atoms with Gasteiger partial charge in [-0.1, -0.05) is 18.2 Å². The van der Waals surface area contributed by atoms with E-state index in [1.165, 1.54) is 5.01 Å². The number of nitrogens with zero attached hydrogens (tertiary/aromatic N) is 1. The van der Waals surface area contributed by atoms with Gasteiger partial charge < -0.3 is 5.11 Å². The van der Waals surface area contributed by atoms with Crippen LogP contribution in [0.5, 0.6) is 0 Å². The molecule has 1 heterocycles. The predicted molar refractivity (Wildman–Crippen MR) is 65.9 cm³/mol. The summed E-state index contributed by atoms with van der Waals surface area (Å²) in [5.41, 5.74) is 3.86. The van der Waals surface area contributed by atoms with Gasteiger partial charge in [0.1, 0.15) is 0 Å². The van der Waals surface area contributed by atoms with Crippen molar-refractivity contribution in [3.63, 3.8) is 0 Å². The van der Waals surface area contributed by atoms with E-state index in [-0.39, 0.29) is 31.1 Å². The fraction of sp³-hybridized carbons (Fsp3) is 0.308. The van der Waals surface area contributed by atoms with Gasteiger partial charge in [-0.2, -0.15) is 0 Å². The lowest BCUT2D eigenvalue weighted by Gasteiger charge is -2.28. The summed E-state index contributed by atoms with van der Waals surface area (Å²) in [6.07, 6.45) is 0.320. The minimum atomic E-state index is -0.930. The molecule has 0 spiro atoms. The molecule has 0 fully saturated rings. The van der Waals surface area contributed by atoms with Crippen molar-refractivity contribution in [1.82, 2.24) is 10.4 Å². The molecule has 6 heteroatoms.